The van der Waals surface area contributed by atoms with E-state index < -0.39 is 18.1 Å². The molecular weight excluding hydrogens is 298 g/mol. The van der Waals surface area contributed by atoms with Crippen LogP contribution in [0, 0.1) is 0 Å². The molecule has 0 aromatic carbocycles. The van der Waals surface area contributed by atoms with Gasteiger partial charge in [-0.25, -0.2) is 9.59 Å². The number of hydroxylamine groups is 2. The molecule has 0 N–H and O–H groups in total. The van der Waals surface area contributed by atoms with Crippen molar-refractivity contribution in [2.45, 2.75) is 52.0 Å². The summed E-state index contributed by atoms with van der Waals surface area (Å²) in [6, 6.07) is -0.390. The minimum absolute atomic E-state index is 0.100. The van der Waals surface area contributed by atoms with Crippen molar-refractivity contribution in [2.24, 2.45) is 0 Å². The lowest BCUT2D eigenvalue weighted by atomic mass is 10.1. The highest BCUT2D eigenvalue weighted by atomic mass is 16.7. The molecule has 0 saturated carbocycles. The molecule has 0 aliphatic rings. The van der Waals surface area contributed by atoms with E-state index >= 15 is 0 Å². The summed E-state index contributed by atoms with van der Waals surface area (Å²) in [5.74, 6) is -0.443. The number of unbranched alkanes of at least 4 members (excludes halogenated alkanes) is 3. The smallest absolute Gasteiger partial charge is 0.434 e. The SMILES string of the molecule is C=CCOC(=O)N(OC)[C@H](/C=C/C(=O)OCC)CCCCCC. The van der Waals surface area contributed by atoms with Crippen LogP contribution in [0.3, 0.4) is 0 Å². The van der Waals surface area contributed by atoms with E-state index in [0.717, 1.165) is 30.7 Å². The monoisotopic (exact) mass is 327 g/mol. The van der Waals surface area contributed by atoms with Gasteiger partial charge >= 0.3 is 12.1 Å². The van der Waals surface area contributed by atoms with E-state index in [2.05, 4.69) is 13.5 Å². The van der Waals surface area contributed by atoms with Gasteiger partial charge in [0.25, 0.3) is 0 Å². The normalized spacial score (nSPS) is 12.0. The van der Waals surface area contributed by atoms with Gasteiger partial charge in [0.2, 0.25) is 0 Å². The van der Waals surface area contributed by atoms with Crippen molar-refractivity contribution in [1.29, 1.82) is 0 Å². The summed E-state index contributed by atoms with van der Waals surface area (Å²) in [6.45, 7) is 7.78. The standard InChI is InChI=1S/C17H29NO5/c1-5-8-9-10-11-15(12-13-16(19)22-7-3)18(21-4)17(20)23-14-6-2/h6,12-13,15H,2,5,7-11,14H2,1,3-4H3/b13-12+/t15-/m0/s1. The van der Waals surface area contributed by atoms with E-state index in [0.29, 0.717) is 13.0 Å². The fraction of sp³-hybridized carbons (Fsp3) is 0.647. The van der Waals surface area contributed by atoms with Crippen LogP contribution in [0.1, 0.15) is 46.0 Å². The van der Waals surface area contributed by atoms with Crippen LogP contribution in [-0.4, -0.2) is 43.5 Å². The largest absolute Gasteiger partial charge is 0.463 e. The first-order chi connectivity index (χ1) is 11.1. The molecule has 0 rings (SSSR count). The molecular formula is C17H29NO5. The Hall–Kier alpha value is -1.82. The van der Waals surface area contributed by atoms with Gasteiger partial charge in [-0.05, 0) is 13.3 Å². The molecule has 0 heterocycles. The molecule has 6 heteroatoms. The Balaban J connectivity index is 4.85. The molecule has 0 bridgehead atoms. The van der Waals surface area contributed by atoms with E-state index in [1.54, 1.807) is 13.0 Å². The van der Waals surface area contributed by atoms with Crippen LogP contribution in [0.25, 0.3) is 0 Å². The topological polar surface area (TPSA) is 65.1 Å². The Bertz CT molecular complexity index is 381. The third-order valence-corrected chi connectivity index (χ3v) is 3.10. The summed E-state index contributed by atoms with van der Waals surface area (Å²) in [6.07, 6.45) is 8.70. The molecule has 0 spiro atoms. The predicted octanol–water partition coefficient (Wildman–Crippen LogP) is 3.63. The number of hydrogen-bond acceptors (Lipinski definition) is 5. The lowest BCUT2D eigenvalue weighted by Crippen LogP contribution is -2.39. The maximum Gasteiger partial charge on any atom is 0.434 e. The third-order valence-electron chi connectivity index (χ3n) is 3.10. The quantitative estimate of drug-likeness (QED) is 0.180. The molecule has 6 nitrogen and oxygen atoms in total. The van der Waals surface area contributed by atoms with Crippen LogP contribution < -0.4 is 0 Å². The molecule has 0 aromatic rings. The van der Waals surface area contributed by atoms with Gasteiger partial charge in [0, 0.05) is 6.08 Å². The van der Waals surface area contributed by atoms with Gasteiger partial charge in [0.05, 0.1) is 19.8 Å². The molecule has 1 amide bonds. The number of nitrogens with zero attached hydrogens (tertiary/aromatic N) is 1. The van der Waals surface area contributed by atoms with E-state index in [-0.39, 0.29) is 6.61 Å². The number of amides is 1. The Morgan fingerprint density at radius 1 is 1.17 bits per heavy atom. The highest BCUT2D eigenvalue weighted by Crippen LogP contribution is 2.14. The fourth-order valence-electron chi connectivity index (χ4n) is 1.99. The lowest BCUT2D eigenvalue weighted by molar-refractivity contribution is -0.138. The number of ether oxygens (including phenoxy) is 2. The van der Waals surface area contributed by atoms with Gasteiger partial charge in [-0.1, -0.05) is 51.3 Å². The molecule has 0 radical (unpaired) electrons. The Morgan fingerprint density at radius 2 is 1.91 bits per heavy atom. The van der Waals surface area contributed by atoms with Gasteiger partial charge in [0.15, 0.2) is 0 Å². The fourth-order valence-corrected chi connectivity index (χ4v) is 1.99. The highest BCUT2D eigenvalue weighted by Gasteiger charge is 2.23. The minimum Gasteiger partial charge on any atom is -0.463 e. The second-order valence-corrected chi connectivity index (χ2v) is 4.90. The van der Waals surface area contributed by atoms with Crippen molar-refractivity contribution in [1.82, 2.24) is 5.06 Å². The van der Waals surface area contributed by atoms with Crippen LogP contribution in [0.2, 0.25) is 0 Å². The molecule has 0 saturated heterocycles. The summed E-state index contributed by atoms with van der Waals surface area (Å²) >= 11 is 0. The van der Waals surface area contributed by atoms with Gasteiger partial charge in [-0.3, -0.25) is 4.84 Å². The highest BCUT2D eigenvalue weighted by molar-refractivity contribution is 5.82. The molecule has 1 atom stereocenters. The summed E-state index contributed by atoms with van der Waals surface area (Å²) in [5.41, 5.74) is 0. The zero-order chi connectivity index (χ0) is 17.5. The zero-order valence-electron chi connectivity index (χ0n) is 14.5. The van der Waals surface area contributed by atoms with Gasteiger partial charge in [-0.15, -0.1) is 0 Å². The van der Waals surface area contributed by atoms with Gasteiger partial charge in [-0.2, -0.15) is 5.06 Å². The summed E-state index contributed by atoms with van der Waals surface area (Å²) in [4.78, 5) is 28.6. The van der Waals surface area contributed by atoms with Crippen molar-refractivity contribution in [3.8, 4) is 0 Å². The van der Waals surface area contributed by atoms with Crippen LogP contribution in [-0.2, 0) is 19.1 Å². The van der Waals surface area contributed by atoms with E-state index in [1.165, 1.54) is 19.3 Å². The van der Waals surface area contributed by atoms with Crippen molar-refractivity contribution in [2.75, 3.05) is 20.3 Å². The first-order valence-corrected chi connectivity index (χ1v) is 8.06. The van der Waals surface area contributed by atoms with Crippen LogP contribution in [0.5, 0.6) is 0 Å². The van der Waals surface area contributed by atoms with Crippen molar-refractivity contribution < 1.29 is 23.9 Å². The maximum atomic E-state index is 12.0. The second-order valence-electron chi connectivity index (χ2n) is 4.90. The van der Waals surface area contributed by atoms with E-state index in [9.17, 15) is 9.59 Å². The number of hydrogen-bond donors (Lipinski definition) is 0. The second kappa shape index (κ2) is 13.8. The Morgan fingerprint density at radius 3 is 2.48 bits per heavy atom. The first-order valence-electron chi connectivity index (χ1n) is 8.06. The minimum atomic E-state index is -0.610. The first kappa shape index (κ1) is 21.2. The Kier molecular flexibility index (Phi) is 12.7. The number of rotatable bonds is 12. The van der Waals surface area contributed by atoms with Crippen molar-refractivity contribution in [3.63, 3.8) is 0 Å². The third kappa shape index (κ3) is 9.73. The molecule has 132 valence electrons. The van der Waals surface area contributed by atoms with Crippen LogP contribution in [0.4, 0.5) is 4.79 Å². The summed E-state index contributed by atoms with van der Waals surface area (Å²) in [7, 11) is 1.40. The predicted molar refractivity (Wildman–Crippen MR) is 88.7 cm³/mol. The Labute approximate surface area is 139 Å². The number of esters is 1. The van der Waals surface area contributed by atoms with Gasteiger partial charge in [0.1, 0.15) is 6.61 Å². The van der Waals surface area contributed by atoms with E-state index in [1.807, 2.05) is 0 Å². The molecule has 0 aliphatic heterocycles. The van der Waals surface area contributed by atoms with Gasteiger partial charge < -0.3 is 9.47 Å². The molecule has 0 aliphatic carbocycles. The summed E-state index contributed by atoms with van der Waals surface area (Å²) in [5, 5.41) is 1.13. The molecule has 0 unspecified atom stereocenters. The number of carbonyl (C=O) groups excluding carboxylic acids is 2. The number of carbonyl (C=O) groups is 2. The lowest BCUT2D eigenvalue weighted by Gasteiger charge is -2.26. The van der Waals surface area contributed by atoms with Crippen LogP contribution >= 0.6 is 0 Å². The zero-order valence-corrected chi connectivity index (χ0v) is 14.5. The van der Waals surface area contributed by atoms with Crippen molar-refractivity contribution >= 4 is 12.1 Å². The van der Waals surface area contributed by atoms with Crippen LogP contribution in [0.15, 0.2) is 24.8 Å². The molecule has 0 fully saturated rings. The molecule has 23 heavy (non-hydrogen) atoms. The van der Waals surface area contributed by atoms with Crippen molar-refractivity contribution in [3.05, 3.63) is 24.8 Å². The average molecular weight is 327 g/mol. The summed E-state index contributed by atoms with van der Waals surface area (Å²) < 4.78 is 9.86. The average Bonchev–Trinajstić information content (AvgIpc) is 2.54. The van der Waals surface area contributed by atoms with E-state index in [4.69, 9.17) is 14.3 Å². The molecule has 0 aromatic heterocycles. The maximum absolute atomic E-state index is 12.0.